The summed E-state index contributed by atoms with van der Waals surface area (Å²) >= 11 is 0. The molecule has 12 nitrogen and oxygen atoms in total. The molecule has 5 N–H and O–H groups in total. The molecule has 0 fully saturated rings. The lowest BCUT2D eigenvalue weighted by molar-refractivity contribution is -0.161. The Balaban J connectivity index is 4.62. The van der Waals surface area contributed by atoms with Crippen LogP contribution >= 0.6 is 7.82 Å². The lowest BCUT2D eigenvalue weighted by atomic mass is 10.1. The number of carbonyl (C=O) groups excluding carboxylic acids is 2. The van der Waals surface area contributed by atoms with Crippen molar-refractivity contribution in [3.05, 3.63) is 72.9 Å². The van der Waals surface area contributed by atoms with Gasteiger partial charge in [-0.15, -0.1) is 0 Å². The van der Waals surface area contributed by atoms with Crippen molar-refractivity contribution in [3.63, 3.8) is 0 Å². The van der Waals surface area contributed by atoms with E-state index >= 15 is 0 Å². The second-order valence-corrected chi connectivity index (χ2v) is 14.7. The molecule has 0 spiro atoms. The monoisotopic (exact) mass is 795 g/mol. The zero-order valence-electron chi connectivity index (χ0n) is 33.3. The number of ether oxygens (including phenoxy) is 2. The van der Waals surface area contributed by atoms with Gasteiger partial charge in [0.15, 0.2) is 6.10 Å². The molecule has 4 atom stereocenters. The lowest BCUT2D eigenvalue weighted by Gasteiger charge is -2.20. The number of carboxylic acids is 1. The summed E-state index contributed by atoms with van der Waals surface area (Å²) in [6.07, 6.45) is 38.7. The minimum Gasteiger partial charge on any atom is -0.480 e. The third-order valence-electron chi connectivity index (χ3n) is 8.02. The number of aliphatic carboxylic acids is 1. The summed E-state index contributed by atoms with van der Waals surface area (Å²) in [5.74, 6) is -2.52. The van der Waals surface area contributed by atoms with E-state index in [9.17, 15) is 28.9 Å². The number of unbranched alkanes of at least 4 members (excludes halogenated alkanes) is 10. The molecular weight excluding hydrogens is 725 g/mol. The van der Waals surface area contributed by atoms with E-state index < -0.39 is 63.8 Å². The topological polar surface area (TPSA) is 192 Å². The van der Waals surface area contributed by atoms with Crippen LogP contribution in [0.25, 0.3) is 0 Å². The highest BCUT2D eigenvalue weighted by Gasteiger charge is 2.28. The fourth-order valence-electron chi connectivity index (χ4n) is 4.82. The van der Waals surface area contributed by atoms with Crippen LogP contribution in [0.1, 0.15) is 136 Å². The number of nitrogens with two attached hydrogens (primary N) is 1. The Kier molecular flexibility index (Phi) is 34.4. The number of hydrogen-bond acceptors (Lipinski definition) is 10. The van der Waals surface area contributed by atoms with Gasteiger partial charge in [-0.3, -0.25) is 23.4 Å². The number of esters is 2. The van der Waals surface area contributed by atoms with Crippen LogP contribution in [0.15, 0.2) is 72.9 Å². The third-order valence-corrected chi connectivity index (χ3v) is 8.97. The molecular formula is C42H70NO11P. The number of hydrogen-bond donors (Lipinski definition) is 4. The Morgan fingerprint density at radius 1 is 0.673 bits per heavy atom. The summed E-state index contributed by atoms with van der Waals surface area (Å²) in [5.41, 5.74) is 5.31. The number of allylic oxidation sites excluding steroid dienone is 10. The maximum absolute atomic E-state index is 12.6. The molecule has 0 heterocycles. The first-order chi connectivity index (χ1) is 26.5. The number of carbonyl (C=O) groups is 3. The Morgan fingerprint density at radius 3 is 1.96 bits per heavy atom. The number of phosphoric ester groups is 1. The standard InChI is InChI=1S/C42H70NO11P/c1-3-5-7-9-11-12-13-14-15-16-20-24-28-32-40(45)51-34-38(35-52-55(49,50)53-36-39(43)42(47)48)54-41(46)33-29-25-21-18-17-19-23-27-31-37(44)30-26-22-10-8-6-4-2/h6,8,12-13,18-19,21-23,26-27,31,37-39,44H,3-5,7,9-11,14-17,20,24-25,28-30,32-36,43H2,1-2H3,(H,47,48)(H,49,50)/b8-6-,13-12-,21-18-,23-19-,26-22-,31-27+/t37?,38-,39+/m1/s1. The SMILES string of the molecule is CC/C=C\C/C=C\CC(O)/C=C/C=C\C/C=C\CCCC(=O)O[C@H](COC(=O)CCCCCCC/C=C\CCCCCC)COP(=O)(O)OC[C@H](N)C(=O)O. The number of carboxylic acid groups (broad SMARTS) is 1. The maximum Gasteiger partial charge on any atom is 0.472 e. The Bertz CT molecular complexity index is 1230. The molecule has 2 unspecified atom stereocenters. The molecule has 0 bridgehead atoms. The molecule has 13 heteroatoms. The van der Waals surface area contributed by atoms with Gasteiger partial charge in [0, 0.05) is 12.8 Å². The van der Waals surface area contributed by atoms with E-state index in [0.29, 0.717) is 32.1 Å². The number of rotatable bonds is 36. The molecule has 0 aromatic rings. The Morgan fingerprint density at radius 2 is 1.25 bits per heavy atom. The molecule has 0 rings (SSSR count). The molecule has 0 aromatic carbocycles. The third kappa shape index (κ3) is 36.3. The highest BCUT2D eigenvalue weighted by Crippen LogP contribution is 2.43. The average molecular weight is 796 g/mol. The predicted octanol–water partition coefficient (Wildman–Crippen LogP) is 9.14. The maximum atomic E-state index is 12.6. The minimum absolute atomic E-state index is 0.0457. The smallest absolute Gasteiger partial charge is 0.472 e. The van der Waals surface area contributed by atoms with Gasteiger partial charge in [0.1, 0.15) is 12.6 Å². The Labute approximate surface area is 330 Å². The van der Waals surface area contributed by atoms with E-state index in [-0.39, 0.29) is 12.8 Å². The van der Waals surface area contributed by atoms with Crippen molar-refractivity contribution >= 4 is 25.7 Å². The highest BCUT2D eigenvalue weighted by atomic mass is 31.2. The molecule has 0 aliphatic heterocycles. The number of aliphatic hydroxyl groups excluding tert-OH is 1. The van der Waals surface area contributed by atoms with E-state index in [4.69, 9.17) is 24.8 Å². The second-order valence-electron chi connectivity index (χ2n) is 13.2. The first-order valence-electron chi connectivity index (χ1n) is 20.1. The van der Waals surface area contributed by atoms with Crippen molar-refractivity contribution in [1.29, 1.82) is 0 Å². The quantitative estimate of drug-likeness (QED) is 0.0155. The molecule has 0 saturated heterocycles. The lowest BCUT2D eigenvalue weighted by Crippen LogP contribution is -2.34. The van der Waals surface area contributed by atoms with Gasteiger partial charge in [-0.1, -0.05) is 125 Å². The highest BCUT2D eigenvalue weighted by molar-refractivity contribution is 7.47. The van der Waals surface area contributed by atoms with Crippen molar-refractivity contribution in [1.82, 2.24) is 0 Å². The number of phosphoric acid groups is 1. The van der Waals surface area contributed by atoms with Gasteiger partial charge in [-0.25, -0.2) is 4.57 Å². The fourth-order valence-corrected chi connectivity index (χ4v) is 5.60. The van der Waals surface area contributed by atoms with Gasteiger partial charge in [0.2, 0.25) is 0 Å². The second kappa shape index (κ2) is 36.5. The number of aliphatic hydroxyl groups is 1. The zero-order chi connectivity index (χ0) is 40.8. The normalized spacial score (nSPS) is 15.1. The first-order valence-corrected chi connectivity index (χ1v) is 21.6. The largest absolute Gasteiger partial charge is 0.480 e. The molecule has 0 aliphatic carbocycles. The van der Waals surface area contributed by atoms with E-state index in [1.165, 1.54) is 25.7 Å². The zero-order valence-corrected chi connectivity index (χ0v) is 34.2. The van der Waals surface area contributed by atoms with Gasteiger partial charge in [-0.2, -0.15) is 0 Å². The van der Waals surface area contributed by atoms with Gasteiger partial charge in [0.05, 0.1) is 19.3 Å². The van der Waals surface area contributed by atoms with Crippen molar-refractivity contribution in [2.45, 2.75) is 154 Å². The van der Waals surface area contributed by atoms with Gasteiger partial charge in [0.25, 0.3) is 0 Å². The summed E-state index contributed by atoms with van der Waals surface area (Å²) < 4.78 is 32.5. The van der Waals surface area contributed by atoms with Crippen LogP contribution in [0.3, 0.4) is 0 Å². The molecule has 0 radical (unpaired) electrons. The molecule has 314 valence electrons. The van der Waals surface area contributed by atoms with Crippen molar-refractivity contribution in [2.75, 3.05) is 19.8 Å². The van der Waals surface area contributed by atoms with Crippen LogP contribution in [0.5, 0.6) is 0 Å². The molecule has 0 amide bonds. The summed E-state index contributed by atoms with van der Waals surface area (Å²) in [6.45, 7) is 2.49. The van der Waals surface area contributed by atoms with Crippen LogP contribution in [-0.4, -0.2) is 71.1 Å². The van der Waals surface area contributed by atoms with Crippen LogP contribution in [0.4, 0.5) is 0 Å². The summed E-state index contributed by atoms with van der Waals surface area (Å²) in [4.78, 5) is 45.8. The minimum atomic E-state index is -4.75. The molecule has 0 aromatic heterocycles. The first kappa shape index (κ1) is 51.9. The van der Waals surface area contributed by atoms with E-state index in [1.54, 1.807) is 6.08 Å². The molecule has 0 aliphatic rings. The average Bonchev–Trinajstić information content (AvgIpc) is 3.15. The van der Waals surface area contributed by atoms with E-state index in [1.807, 2.05) is 42.5 Å². The van der Waals surface area contributed by atoms with Crippen LogP contribution in [-0.2, 0) is 37.5 Å². The van der Waals surface area contributed by atoms with Gasteiger partial charge < -0.3 is 30.3 Å². The molecule has 55 heavy (non-hydrogen) atoms. The fraction of sp³-hybridized carbons (Fsp3) is 0.643. The summed E-state index contributed by atoms with van der Waals surface area (Å²) in [7, 11) is -4.75. The predicted molar refractivity (Wildman–Crippen MR) is 218 cm³/mol. The van der Waals surface area contributed by atoms with Crippen molar-refractivity contribution in [2.24, 2.45) is 5.73 Å². The van der Waals surface area contributed by atoms with Crippen molar-refractivity contribution < 1.29 is 52.6 Å². The van der Waals surface area contributed by atoms with Crippen LogP contribution in [0, 0.1) is 0 Å². The summed E-state index contributed by atoms with van der Waals surface area (Å²) in [5, 5.41) is 18.9. The Hall–Kier alpha value is -3.12. The summed E-state index contributed by atoms with van der Waals surface area (Å²) in [6, 6.07) is -1.54. The van der Waals surface area contributed by atoms with Crippen molar-refractivity contribution in [3.8, 4) is 0 Å². The molecule has 0 saturated carbocycles. The van der Waals surface area contributed by atoms with E-state index in [2.05, 4.69) is 42.7 Å². The van der Waals surface area contributed by atoms with E-state index in [0.717, 1.165) is 51.4 Å². The van der Waals surface area contributed by atoms with Gasteiger partial charge in [-0.05, 0) is 70.6 Å². The van der Waals surface area contributed by atoms with Crippen LogP contribution in [0.2, 0.25) is 0 Å². The van der Waals surface area contributed by atoms with Gasteiger partial charge >= 0.3 is 25.7 Å². The van der Waals surface area contributed by atoms with Crippen LogP contribution < -0.4 is 5.73 Å².